The summed E-state index contributed by atoms with van der Waals surface area (Å²) in [6, 6.07) is 7.60. The minimum absolute atomic E-state index is 0.00452. The lowest BCUT2D eigenvalue weighted by molar-refractivity contribution is -0.143. The number of hydrogen-bond donors (Lipinski definition) is 0. The summed E-state index contributed by atoms with van der Waals surface area (Å²) >= 11 is 2.64. The van der Waals surface area contributed by atoms with Crippen molar-refractivity contribution >= 4 is 51.1 Å². The number of para-hydroxylation sites is 1. The monoisotopic (exact) mass is 435 g/mol. The van der Waals surface area contributed by atoms with Crippen molar-refractivity contribution in [2.75, 3.05) is 31.2 Å². The third kappa shape index (κ3) is 5.93. The van der Waals surface area contributed by atoms with E-state index in [1.165, 1.54) is 29.5 Å². The van der Waals surface area contributed by atoms with Crippen LogP contribution in [0.2, 0.25) is 0 Å². The lowest BCUT2D eigenvalue weighted by atomic mass is 10.1. The molecule has 1 saturated heterocycles. The summed E-state index contributed by atoms with van der Waals surface area (Å²) in [5.74, 6) is -0.178. The highest BCUT2D eigenvalue weighted by Crippen LogP contribution is 2.17. The maximum atomic E-state index is 12.4. The Hall–Kier alpha value is -2.13. The van der Waals surface area contributed by atoms with Crippen molar-refractivity contribution in [2.24, 2.45) is 4.99 Å². The topological polar surface area (TPSA) is 81.0 Å². The predicted octanol–water partition coefficient (Wildman–Crippen LogP) is 2.44. The molecule has 0 unspecified atom stereocenters. The van der Waals surface area contributed by atoms with Gasteiger partial charge in [-0.3, -0.25) is 14.4 Å². The lowest BCUT2D eigenvalue weighted by Crippen LogP contribution is -2.36. The number of ether oxygens (including phenoxy) is 1. The molecule has 0 atom stereocenters. The van der Waals surface area contributed by atoms with Gasteiger partial charge in [0.1, 0.15) is 6.54 Å². The van der Waals surface area contributed by atoms with Gasteiger partial charge in [-0.15, -0.1) is 11.8 Å². The molecule has 1 fully saturated rings. The highest BCUT2D eigenvalue weighted by atomic mass is 32.2. The largest absolute Gasteiger partial charge is 0.465 e. The first-order chi connectivity index (χ1) is 14.1. The molecule has 9 heteroatoms. The van der Waals surface area contributed by atoms with Gasteiger partial charge in [-0.1, -0.05) is 23.5 Å². The van der Waals surface area contributed by atoms with Crippen molar-refractivity contribution in [3.63, 3.8) is 0 Å². The highest BCUT2D eigenvalue weighted by Gasteiger charge is 2.17. The molecule has 1 aromatic carbocycles. The Morgan fingerprint density at radius 1 is 1.14 bits per heavy atom. The van der Waals surface area contributed by atoms with Crippen molar-refractivity contribution in [3.8, 4) is 0 Å². The number of piperidine rings is 1. The van der Waals surface area contributed by atoms with Gasteiger partial charge in [0.25, 0.3) is 5.91 Å². The van der Waals surface area contributed by atoms with Crippen molar-refractivity contribution in [1.29, 1.82) is 0 Å². The number of carbonyl (C=O) groups excluding carboxylic acids is 3. The number of likely N-dealkylation sites (tertiary alicyclic amines) is 1. The summed E-state index contributed by atoms with van der Waals surface area (Å²) in [4.78, 5) is 43.1. The Morgan fingerprint density at radius 2 is 1.90 bits per heavy atom. The Bertz CT molecular complexity index is 945. The molecule has 0 saturated carbocycles. The van der Waals surface area contributed by atoms with Crippen LogP contribution in [0.4, 0.5) is 0 Å². The van der Waals surface area contributed by atoms with E-state index in [1.54, 1.807) is 11.5 Å². The third-order valence-corrected chi connectivity index (χ3v) is 6.52. The quantitative estimate of drug-likeness (QED) is 0.624. The number of amides is 2. The molecule has 29 heavy (non-hydrogen) atoms. The molecule has 1 aromatic heterocycles. The van der Waals surface area contributed by atoms with Gasteiger partial charge in [-0.2, -0.15) is 4.99 Å². The number of aromatic nitrogens is 1. The van der Waals surface area contributed by atoms with Crippen LogP contribution in [0.5, 0.6) is 0 Å². The normalized spacial score (nSPS) is 14.9. The number of thiazole rings is 1. The second kappa shape index (κ2) is 10.6. The summed E-state index contributed by atoms with van der Waals surface area (Å²) in [7, 11) is 0. The van der Waals surface area contributed by atoms with E-state index in [1.807, 2.05) is 29.2 Å². The van der Waals surface area contributed by atoms with Gasteiger partial charge < -0.3 is 14.2 Å². The Balaban J connectivity index is 1.67. The van der Waals surface area contributed by atoms with Crippen molar-refractivity contribution in [2.45, 2.75) is 32.7 Å². The van der Waals surface area contributed by atoms with Crippen LogP contribution >= 0.6 is 23.1 Å². The molecule has 2 aromatic rings. The van der Waals surface area contributed by atoms with Crippen LogP contribution in [0.15, 0.2) is 29.3 Å². The van der Waals surface area contributed by atoms with Crippen molar-refractivity contribution in [1.82, 2.24) is 9.47 Å². The summed E-state index contributed by atoms with van der Waals surface area (Å²) in [6.45, 7) is 3.69. The summed E-state index contributed by atoms with van der Waals surface area (Å²) in [5.41, 5.74) is 0.838. The average molecular weight is 436 g/mol. The zero-order chi connectivity index (χ0) is 20.6. The van der Waals surface area contributed by atoms with E-state index in [2.05, 4.69) is 4.99 Å². The van der Waals surface area contributed by atoms with Gasteiger partial charge in [0.2, 0.25) is 5.91 Å². The van der Waals surface area contributed by atoms with Gasteiger partial charge in [0.15, 0.2) is 4.80 Å². The Morgan fingerprint density at radius 3 is 2.66 bits per heavy atom. The van der Waals surface area contributed by atoms with Crippen LogP contribution in [0.1, 0.15) is 26.2 Å². The number of benzene rings is 1. The maximum Gasteiger partial charge on any atom is 0.326 e. The highest BCUT2D eigenvalue weighted by molar-refractivity contribution is 8.00. The first-order valence-corrected chi connectivity index (χ1v) is 11.7. The fraction of sp³-hybridized carbons (Fsp3) is 0.500. The SMILES string of the molecule is CCOC(=O)Cn1c(=NC(=O)CSCC(=O)N2CCCCC2)sc2ccccc21. The molecule has 0 aliphatic carbocycles. The minimum Gasteiger partial charge on any atom is -0.465 e. The number of esters is 1. The molecule has 0 bridgehead atoms. The molecular weight excluding hydrogens is 410 g/mol. The second-order valence-electron chi connectivity index (χ2n) is 6.68. The van der Waals surface area contributed by atoms with Crippen LogP contribution in [0.3, 0.4) is 0 Å². The minimum atomic E-state index is -0.369. The molecule has 0 N–H and O–H groups in total. The maximum absolute atomic E-state index is 12.4. The van der Waals surface area contributed by atoms with E-state index < -0.39 is 0 Å². The number of hydrogen-bond acceptors (Lipinski definition) is 6. The number of rotatable bonds is 7. The molecule has 0 radical (unpaired) electrons. The number of carbonyl (C=O) groups is 3. The van der Waals surface area contributed by atoms with Crippen molar-refractivity contribution < 1.29 is 19.1 Å². The third-order valence-electron chi connectivity index (χ3n) is 4.56. The summed E-state index contributed by atoms with van der Waals surface area (Å²) in [5, 5.41) is 0. The molecule has 0 spiro atoms. The second-order valence-corrected chi connectivity index (χ2v) is 8.68. The van der Waals surface area contributed by atoms with Gasteiger partial charge in [0.05, 0.1) is 28.3 Å². The molecular formula is C20H25N3O4S2. The smallest absolute Gasteiger partial charge is 0.326 e. The van der Waals surface area contributed by atoms with Crippen LogP contribution in [-0.4, -0.2) is 58.5 Å². The number of nitrogens with zero attached hydrogens (tertiary/aromatic N) is 3. The van der Waals surface area contributed by atoms with Gasteiger partial charge in [-0.05, 0) is 38.3 Å². The van der Waals surface area contributed by atoms with Crippen LogP contribution in [-0.2, 0) is 25.7 Å². The van der Waals surface area contributed by atoms with E-state index in [0.717, 1.165) is 36.1 Å². The summed E-state index contributed by atoms with van der Waals surface area (Å²) in [6.07, 6.45) is 3.28. The molecule has 2 heterocycles. The van der Waals surface area contributed by atoms with E-state index >= 15 is 0 Å². The first kappa shape index (κ1) is 21.6. The molecule has 1 aliphatic rings. The lowest BCUT2D eigenvalue weighted by Gasteiger charge is -2.26. The standard InChI is InChI=1S/C20H25N3O4S2/c1-2-27-19(26)12-23-15-8-4-5-9-16(15)29-20(23)21-17(24)13-28-14-18(25)22-10-6-3-7-11-22/h4-5,8-9H,2-3,6-7,10-14H2,1H3. The fourth-order valence-corrected chi connectivity index (χ4v) is 4.94. The van der Waals surface area contributed by atoms with Crippen LogP contribution < -0.4 is 4.80 Å². The zero-order valence-corrected chi connectivity index (χ0v) is 18.1. The van der Waals surface area contributed by atoms with E-state index in [0.29, 0.717) is 11.4 Å². The molecule has 156 valence electrons. The molecule has 1 aliphatic heterocycles. The fourth-order valence-electron chi connectivity index (χ4n) is 3.19. The van der Waals surface area contributed by atoms with E-state index in [-0.39, 0.29) is 35.8 Å². The molecule has 7 nitrogen and oxygen atoms in total. The first-order valence-electron chi connectivity index (χ1n) is 9.75. The predicted molar refractivity (Wildman–Crippen MR) is 115 cm³/mol. The van der Waals surface area contributed by atoms with E-state index in [4.69, 9.17) is 4.74 Å². The van der Waals surface area contributed by atoms with Crippen molar-refractivity contribution in [3.05, 3.63) is 29.1 Å². The van der Waals surface area contributed by atoms with Gasteiger partial charge in [0, 0.05) is 13.1 Å². The number of thioether (sulfide) groups is 1. The molecule has 2 amide bonds. The van der Waals surface area contributed by atoms with Gasteiger partial charge in [-0.25, -0.2) is 0 Å². The summed E-state index contributed by atoms with van der Waals surface area (Å²) < 4.78 is 7.69. The Kier molecular flexibility index (Phi) is 7.88. The van der Waals surface area contributed by atoms with Crippen LogP contribution in [0, 0.1) is 0 Å². The van der Waals surface area contributed by atoms with Gasteiger partial charge >= 0.3 is 5.97 Å². The zero-order valence-electron chi connectivity index (χ0n) is 16.5. The van der Waals surface area contributed by atoms with Crippen LogP contribution in [0.25, 0.3) is 10.2 Å². The molecule has 3 rings (SSSR count). The van der Waals surface area contributed by atoms with E-state index in [9.17, 15) is 14.4 Å². The average Bonchev–Trinajstić information content (AvgIpc) is 3.05. The number of fused-ring (bicyclic) bond motifs is 1. The Labute approximate surface area is 177 Å².